The van der Waals surface area contributed by atoms with Gasteiger partial charge < -0.3 is 15.4 Å². The van der Waals surface area contributed by atoms with Crippen LogP contribution in [0, 0.1) is 5.92 Å². The number of aromatic amines is 1. The van der Waals surface area contributed by atoms with E-state index in [0.717, 1.165) is 30.3 Å². The minimum Gasteiger partial charge on any atom is -0.481 e. The molecule has 0 radical (unpaired) electrons. The summed E-state index contributed by atoms with van der Waals surface area (Å²) < 4.78 is 0. The standard InChI is InChI=1S/C12H14N4O2/c17-12(18)7-2-1-3-9(7)16-11-8-4-5-13-10(8)14-6-15-11/h4-7,9H,1-3H2,(H,17,18)(H2,13,14,15,16)/t7-,9+/m1/s1. The number of hydrogen-bond donors (Lipinski definition) is 3. The molecule has 0 amide bonds. The lowest BCUT2D eigenvalue weighted by molar-refractivity contribution is -0.141. The summed E-state index contributed by atoms with van der Waals surface area (Å²) in [7, 11) is 0. The van der Waals surface area contributed by atoms with Crippen LogP contribution in [0.15, 0.2) is 18.6 Å². The van der Waals surface area contributed by atoms with Crippen molar-refractivity contribution in [3.8, 4) is 0 Å². The van der Waals surface area contributed by atoms with E-state index in [1.54, 1.807) is 6.20 Å². The minimum absolute atomic E-state index is 0.0458. The van der Waals surface area contributed by atoms with Gasteiger partial charge in [-0.1, -0.05) is 6.42 Å². The van der Waals surface area contributed by atoms with E-state index in [4.69, 9.17) is 5.11 Å². The van der Waals surface area contributed by atoms with Crippen LogP contribution in [0.3, 0.4) is 0 Å². The van der Waals surface area contributed by atoms with Crippen LogP contribution in [-0.2, 0) is 4.79 Å². The van der Waals surface area contributed by atoms with Gasteiger partial charge in [-0.3, -0.25) is 4.79 Å². The Labute approximate surface area is 103 Å². The van der Waals surface area contributed by atoms with Gasteiger partial charge in [-0.25, -0.2) is 9.97 Å². The third kappa shape index (κ3) is 1.79. The lowest BCUT2D eigenvalue weighted by Crippen LogP contribution is -2.30. The Bertz CT molecular complexity index is 580. The second-order valence-electron chi connectivity index (χ2n) is 4.59. The normalized spacial score (nSPS) is 23.3. The van der Waals surface area contributed by atoms with Crippen molar-refractivity contribution in [2.45, 2.75) is 25.3 Å². The van der Waals surface area contributed by atoms with Crippen molar-refractivity contribution in [2.24, 2.45) is 5.92 Å². The molecule has 1 aliphatic carbocycles. The molecule has 94 valence electrons. The third-order valence-electron chi connectivity index (χ3n) is 3.51. The molecular weight excluding hydrogens is 232 g/mol. The molecular formula is C12H14N4O2. The molecule has 0 spiro atoms. The summed E-state index contributed by atoms with van der Waals surface area (Å²) in [5.74, 6) is -0.349. The molecule has 3 N–H and O–H groups in total. The maximum Gasteiger partial charge on any atom is 0.308 e. The Hall–Kier alpha value is -2.11. The predicted octanol–water partition coefficient (Wildman–Crippen LogP) is 1.62. The summed E-state index contributed by atoms with van der Waals surface area (Å²) in [5.41, 5.74) is 0.761. The Morgan fingerprint density at radius 1 is 1.44 bits per heavy atom. The van der Waals surface area contributed by atoms with Gasteiger partial charge in [-0.15, -0.1) is 0 Å². The van der Waals surface area contributed by atoms with E-state index in [1.807, 2.05) is 6.07 Å². The number of carboxylic acids is 1. The van der Waals surface area contributed by atoms with Crippen molar-refractivity contribution in [3.05, 3.63) is 18.6 Å². The fourth-order valence-electron chi connectivity index (χ4n) is 2.59. The maximum absolute atomic E-state index is 11.1. The summed E-state index contributed by atoms with van der Waals surface area (Å²) in [6.07, 6.45) is 5.82. The summed E-state index contributed by atoms with van der Waals surface area (Å²) >= 11 is 0. The first kappa shape index (κ1) is 11.0. The van der Waals surface area contributed by atoms with Crippen LogP contribution >= 0.6 is 0 Å². The van der Waals surface area contributed by atoms with E-state index in [-0.39, 0.29) is 12.0 Å². The van der Waals surface area contributed by atoms with Gasteiger partial charge in [0.2, 0.25) is 0 Å². The van der Waals surface area contributed by atoms with Crippen molar-refractivity contribution in [2.75, 3.05) is 5.32 Å². The molecule has 2 aromatic rings. The van der Waals surface area contributed by atoms with Crippen LogP contribution in [-0.4, -0.2) is 32.1 Å². The van der Waals surface area contributed by atoms with E-state index in [9.17, 15) is 4.79 Å². The van der Waals surface area contributed by atoms with E-state index in [1.165, 1.54) is 6.33 Å². The fourth-order valence-corrected chi connectivity index (χ4v) is 2.59. The molecule has 18 heavy (non-hydrogen) atoms. The van der Waals surface area contributed by atoms with Crippen LogP contribution in [0.25, 0.3) is 11.0 Å². The molecule has 6 nitrogen and oxygen atoms in total. The van der Waals surface area contributed by atoms with Crippen molar-refractivity contribution < 1.29 is 9.90 Å². The smallest absolute Gasteiger partial charge is 0.308 e. The van der Waals surface area contributed by atoms with E-state index in [0.29, 0.717) is 5.82 Å². The Morgan fingerprint density at radius 2 is 2.33 bits per heavy atom. The highest BCUT2D eigenvalue weighted by molar-refractivity contribution is 5.87. The lowest BCUT2D eigenvalue weighted by atomic mass is 10.0. The summed E-state index contributed by atoms with van der Waals surface area (Å²) in [5, 5.41) is 13.3. The Kier molecular flexibility index (Phi) is 2.62. The van der Waals surface area contributed by atoms with Crippen LogP contribution in [0.4, 0.5) is 5.82 Å². The molecule has 0 aromatic carbocycles. The number of nitrogens with one attached hydrogen (secondary N) is 2. The first-order valence-corrected chi connectivity index (χ1v) is 6.03. The zero-order valence-electron chi connectivity index (χ0n) is 9.76. The number of anilines is 1. The molecule has 3 rings (SSSR count). The second-order valence-corrected chi connectivity index (χ2v) is 4.59. The molecule has 0 saturated heterocycles. The minimum atomic E-state index is -0.732. The molecule has 2 atom stereocenters. The average molecular weight is 246 g/mol. The highest BCUT2D eigenvalue weighted by Gasteiger charge is 2.33. The van der Waals surface area contributed by atoms with Gasteiger partial charge in [0.1, 0.15) is 17.8 Å². The average Bonchev–Trinajstić information content (AvgIpc) is 2.96. The predicted molar refractivity (Wildman–Crippen MR) is 66.3 cm³/mol. The second kappa shape index (κ2) is 4.29. The fraction of sp³-hybridized carbons (Fsp3) is 0.417. The zero-order valence-corrected chi connectivity index (χ0v) is 9.76. The van der Waals surface area contributed by atoms with Gasteiger partial charge in [0, 0.05) is 12.2 Å². The number of H-pyrrole nitrogens is 1. The Balaban J connectivity index is 1.88. The van der Waals surface area contributed by atoms with Gasteiger partial charge in [0.25, 0.3) is 0 Å². The van der Waals surface area contributed by atoms with Crippen LogP contribution in [0.1, 0.15) is 19.3 Å². The van der Waals surface area contributed by atoms with Crippen molar-refractivity contribution in [3.63, 3.8) is 0 Å². The summed E-state index contributed by atoms with van der Waals surface area (Å²) in [6, 6.07) is 1.85. The zero-order chi connectivity index (χ0) is 12.5. The van der Waals surface area contributed by atoms with Crippen molar-refractivity contribution >= 4 is 22.8 Å². The first-order valence-electron chi connectivity index (χ1n) is 6.03. The SMILES string of the molecule is O=C(O)[C@@H]1CCC[C@@H]1Nc1ncnc2[nH]ccc12. The molecule has 1 saturated carbocycles. The topological polar surface area (TPSA) is 90.9 Å². The number of hydrogen-bond acceptors (Lipinski definition) is 4. The number of carbonyl (C=O) groups is 1. The molecule has 6 heteroatoms. The molecule has 0 bridgehead atoms. The van der Waals surface area contributed by atoms with Gasteiger partial charge in [-0.05, 0) is 18.9 Å². The summed E-state index contributed by atoms with van der Waals surface area (Å²) in [4.78, 5) is 22.5. The molecule has 0 aliphatic heterocycles. The molecule has 0 unspecified atom stereocenters. The monoisotopic (exact) mass is 246 g/mol. The number of rotatable bonds is 3. The highest BCUT2D eigenvalue weighted by Crippen LogP contribution is 2.29. The molecule has 2 heterocycles. The molecule has 2 aromatic heterocycles. The van der Waals surface area contributed by atoms with Crippen LogP contribution < -0.4 is 5.32 Å². The van der Waals surface area contributed by atoms with Crippen molar-refractivity contribution in [1.82, 2.24) is 15.0 Å². The third-order valence-corrected chi connectivity index (χ3v) is 3.51. The highest BCUT2D eigenvalue weighted by atomic mass is 16.4. The number of carboxylic acid groups (broad SMARTS) is 1. The van der Waals surface area contributed by atoms with Gasteiger partial charge in [-0.2, -0.15) is 0 Å². The van der Waals surface area contributed by atoms with E-state index < -0.39 is 5.97 Å². The molecule has 1 fully saturated rings. The number of fused-ring (bicyclic) bond motifs is 1. The van der Waals surface area contributed by atoms with Gasteiger partial charge in [0.05, 0.1) is 11.3 Å². The number of aromatic nitrogens is 3. The largest absolute Gasteiger partial charge is 0.481 e. The van der Waals surface area contributed by atoms with Crippen molar-refractivity contribution in [1.29, 1.82) is 0 Å². The van der Waals surface area contributed by atoms with E-state index in [2.05, 4.69) is 20.3 Å². The first-order chi connectivity index (χ1) is 8.75. The molecule has 1 aliphatic rings. The lowest BCUT2D eigenvalue weighted by Gasteiger charge is -2.18. The number of aliphatic carboxylic acids is 1. The quantitative estimate of drug-likeness (QED) is 0.765. The van der Waals surface area contributed by atoms with Crippen LogP contribution in [0.5, 0.6) is 0 Å². The van der Waals surface area contributed by atoms with E-state index >= 15 is 0 Å². The van der Waals surface area contributed by atoms with Gasteiger partial charge in [0.15, 0.2) is 0 Å². The van der Waals surface area contributed by atoms with Gasteiger partial charge >= 0.3 is 5.97 Å². The summed E-state index contributed by atoms with van der Waals surface area (Å²) in [6.45, 7) is 0. The Morgan fingerprint density at radius 3 is 3.17 bits per heavy atom. The number of nitrogens with zero attached hydrogens (tertiary/aromatic N) is 2. The van der Waals surface area contributed by atoms with Crippen LogP contribution in [0.2, 0.25) is 0 Å². The maximum atomic E-state index is 11.1.